The van der Waals surface area contributed by atoms with Gasteiger partial charge in [0.05, 0.1) is 0 Å². The third kappa shape index (κ3) is 2.63. The highest BCUT2D eigenvalue weighted by atomic mass is 32.1. The molecule has 0 aliphatic rings. The van der Waals surface area contributed by atoms with Crippen molar-refractivity contribution < 1.29 is 0 Å². The van der Waals surface area contributed by atoms with Crippen LogP contribution in [-0.4, -0.2) is 0 Å². The van der Waals surface area contributed by atoms with E-state index in [9.17, 15) is 0 Å². The maximum atomic E-state index is 4.40. The van der Waals surface area contributed by atoms with Crippen molar-refractivity contribution in [1.29, 1.82) is 0 Å². The van der Waals surface area contributed by atoms with Crippen molar-refractivity contribution in [3.8, 4) is 0 Å². The number of thiol groups is 1. The van der Waals surface area contributed by atoms with Crippen LogP contribution in [0.25, 0.3) is 0 Å². The lowest BCUT2D eigenvalue weighted by Gasteiger charge is -2.09. The molecule has 1 rings (SSSR count). The van der Waals surface area contributed by atoms with Crippen molar-refractivity contribution in [3.63, 3.8) is 0 Å². The van der Waals surface area contributed by atoms with Gasteiger partial charge in [-0.15, -0.1) is 19.2 Å². The van der Waals surface area contributed by atoms with Crippen LogP contribution in [0.2, 0.25) is 0 Å². The summed E-state index contributed by atoms with van der Waals surface area (Å²) in [7, 11) is 0. The first kappa shape index (κ1) is 10.4. The van der Waals surface area contributed by atoms with E-state index >= 15 is 0 Å². The second kappa shape index (κ2) is 4.52. The van der Waals surface area contributed by atoms with E-state index in [0.717, 1.165) is 11.3 Å². The van der Waals surface area contributed by atoms with Crippen molar-refractivity contribution in [2.75, 3.05) is 0 Å². The topological polar surface area (TPSA) is 0 Å². The van der Waals surface area contributed by atoms with Gasteiger partial charge in [0, 0.05) is 4.90 Å². The van der Waals surface area contributed by atoms with Gasteiger partial charge in [-0.25, -0.2) is 0 Å². The van der Waals surface area contributed by atoms with E-state index in [4.69, 9.17) is 0 Å². The van der Waals surface area contributed by atoms with Gasteiger partial charge in [0.15, 0.2) is 0 Å². The van der Waals surface area contributed by atoms with Crippen LogP contribution in [0.3, 0.4) is 0 Å². The average molecular weight is 192 g/mol. The minimum atomic E-state index is 0.581. The summed E-state index contributed by atoms with van der Waals surface area (Å²) in [6.45, 7) is 8.14. The van der Waals surface area contributed by atoms with Crippen LogP contribution in [0, 0.1) is 0 Å². The van der Waals surface area contributed by atoms with Gasteiger partial charge < -0.3 is 0 Å². The molecule has 0 nitrogen and oxygen atoms in total. The van der Waals surface area contributed by atoms with E-state index in [2.05, 4.69) is 51.3 Å². The van der Waals surface area contributed by atoms with Gasteiger partial charge >= 0.3 is 0 Å². The van der Waals surface area contributed by atoms with Gasteiger partial charge in [-0.2, -0.15) is 0 Å². The Labute approximate surface area is 86.1 Å². The zero-order chi connectivity index (χ0) is 9.84. The molecule has 13 heavy (non-hydrogen) atoms. The number of allylic oxidation sites excluding steroid dienone is 1. The molecular weight excluding hydrogens is 176 g/mol. The molecule has 0 spiro atoms. The molecule has 0 saturated carbocycles. The van der Waals surface area contributed by atoms with E-state index in [-0.39, 0.29) is 0 Å². The SMILES string of the molecule is C=CCc1cc(C(C)C)ccc1S. The van der Waals surface area contributed by atoms with Gasteiger partial charge in [-0.3, -0.25) is 0 Å². The molecule has 0 unspecified atom stereocenters. The predicted molar refractivity (Wildman–Crippen MR) is 61.7 cm³/mol. The molecule has 1 heteroatoms. The third-order valence-corrected chi connectivity index (χ3v) is 2.57. The number of hydrogen-bond acceptors (Lipinski definition) is 1. The molecule has 0 heterocycles. The Hall–Kier alpha value is -0.690. The van der Waals surface area contributed by atoms with Crippen LogP contribution in [-0.2, 0) is 6.42 Å². The quantitative estimate of drug-likeness (QED) is 0.546. The highest BCUT2D eigenvalue weighted by Crippen LogP contribution is 2.21. The first-order valence-corrected chi connectivity index (χ1v) is 5.02. The van der Waals surface area contributed by atoms with E-state index in [0.29, 0.717) is 5.92 Å². The zero-order valence-electron chi connectivity index (χ0n) is 8.25. The van der Waals surface area contributed by atoms with Crippen molar-refractivity contribution in [2.45, 2.75) is 31.1 Å². The van der Waals surface area contributed by atoms with Crippen LogP contribution in [0.15, 0.2) is 35.7 Å². The molecule has 0 saturated heterocycles. The molecule has 0 fully saturated rings. The highest BCUT2D eigenvalue weighted by Gasteiger charge is 2.02. The largest absolute Gasteiger partial charge is 0.143 e. The second-order valence-corrected chi connectivity index (χ2v) is 4.02. The fourth-order valence-electron chi connectivity index (χ4n) is 1.28. The lowest BCUT2D eigenvalue weighted by atomic mass is 10.00. The Morgan fingerprint density at radius 1 is 1.46 bits per heavy atom. The fourth-order valence-corrected chi connectivity index (χ4v) is 1.51. The van der Waals surface area contributed by atoms with E-state index in [1.54, 1.807) is 0 Å². The normalized spacial score (nSPS) is 10.5. The van der Waals surface area contributed by atoms with Gasteiger partial charge in [0.1, 0.15) is 0 Å². The molecule has 0 aliphatic carbocycles. The van der Waals surface area contributed by atoms with E-state index in [1.807, 2.05) is 6.08 Å². The maximum Gasteiger partial charge on any atom is 0.00753 e. The number of rotatable bonds is 3. The summed E-state index contributed by atoms with van der Waals surface area (Å²) in [4.78, 5) is 1.06. The summed E-state index contributed by atoms with van der Waals surface area (Å²) in [5.41, 5.74) is 2.64. The Bertz CT molecular complexity index is 300. The van der Waals surface area contributed by atoms with Crippen molar-refractivity contribution in [2.24, 2.45) is 0 Å². The summed E-state index contributed by atoms with van der Waals surface area (Å²) >= 11 is 4.40. The van der Waals surface area contributed by atoms with Gasteiger partial charge in [0.2, 0.25) is 0 Å². The molecule has 1 aromatic carbocycles. The van der Waals surface area contributed by atoms with Crippen LogP contribution in [0.4, 0.5) is 0 Å². The summed E-state index contributed by atoms with van der Waals surface area (Å²) < 4.78 is 0. The summed E-state index contributed by atoms with van der Waals surface area (Å²) in [5.74, 6) is 0.581. The van der Waals surface area contributed by atoms with Crippen LogP contribution < -0.4 is 0 Å². The molecule has 0 amide bonds. The van der Waals surface area contributed by atoms with E-state index < -0.39 is 0 Å². The smallest absolute Gasteiger partial charge is 0.00753 e. The first-order valence-electron chi connectivity index (χ1n) is 4.58. The monoisotopic (exact) mass is 192 g/mol. The summed E-state index contributed by atoms with van der Waals surface area (Å²) in [5, 5.41) is 0. The van der Waals surface area contributed by atoms with Crippen LogP contribution in [0.5, 0.6) is 0 Å². The second-order valence-electron chi connectivity index (χ2n) is 3.54. The molecule has 0 bridgehead atoms. The number of benzene rings is 1. The van der Waals surface area contributed by atoms with E-state index in [1.165, 1.54) is 11.1 Å². The lowest BCUT2D eigenvalue weighted by molar-refractivity contribution is 0.860. The Morgan fingerprint density at radius 2 is 2.15 bits per heavy atom. The summed E-state index contributed by atoms with van der Waals surface area (Å²) in [6, 6.07) is 6.42. The minimum absolute atomic E-state index is 0.581. The minimum Gasteiger partial charge on any atom is -0.143 e. The fraction of sp³-hybridized carbons (Fsp3) is 0.333. The van der Waals surface area contributed by atoms with Gasteiger partial charge in [-0.05, 0) is 29.5 Å². The van der Waals surface area contributed by atoms with Crippen LogP contribution >= 0.6 is 12.6 Å². The maximum absolute atomic E-state index is 4.40. The molecule has 0 atom stereocenters. The molecule has 1 aromatic rings. The van der Waals surface area contributed by atoms with Crippen LogP contribution in [0.1, 0.15) is 30.9 Å². The Kier molecular flexibility index (Phi) is 3.61. The Morgan fingerprint density at radius 3 is 2.69 bits per heavy atom. The first-order chi connectivity index (χ1) is 6.15. The van der Waals surface area contributed by atoms with Gasteiger partial charge in [0.25, 0.3) is 0 Å². The predicted octanol–water partition coefficient (Wildman–Crippen LogP) is 3.83. The molecular formula is C12H16S. The Balaban J connectivity index is 3.03. The average Bonchev–Trinajstić information content (AvgIpc) is 2.08. The van der Waals surface area contributed by atoms with Gasteiger partial charge in [-0.1, -0.05) is 32.1 Å². The summed E-state index contributed by atoms with van der Waals surface area (Å²) in [6.07, 6.45) is 2.82. The highest BCUT2D eigenvalue weighted by molar-refractivity contribution is 7.80. The molecule has 0 radical (unpaired) electrons. The van der Waals surface area contributed by atoms with Crippen molar-refractivity contribution in [1.82, 2.24) is 0 Å². The molecule has 0 aliphatic heterocycles. The van der Waals surface area contributed by atoms with Crippen molar-refractivity contribution in [3.05, 3.63) is 42.0 Å². The lowest BCUT2D eigenvalue weighted by Crippen LogP contribution is -1.91. The third-order valence-electron chi connectivity index (χ3n) is 2.13. The molecule has 0 N–H and O–H groups in total. The standard InChI is InChI=1S/C12H16S/c1-4-5-11-8-10(9(2)3)6-7-12(11)13/h4,6-9,13H,1,5H2,2-3H3. The van der Waals surface area contributed by atoms with Crippen molar-refractivity contribution >= 4 is 12.6 Å². The number of hydrogen-bond donors (Lipinski definition) is 1. The molecule has 70 valence electrons. The molecule has 0 aromatic heterocycles. The zero-order valence-corrected chi connectivity index (χ0v) is 9.14.